The summed E-state index contributed by atoms with van der Waals surface area (Å²) in [4.78, 5) is 25.5. The van der Waals surface area contributed by atoms with Crippen molar-refractivity contribution in [2.75, 3.05) is 32.1 Å². The average molecular weight is 402 g/mol. The Labute approximate surface area is 135 Å². The number of ether oxygens (including phenoxy) is 1. The monoisotopic (exact) mass is 402 g/mol. The van der Waals surface area contributed by atoms with Crippen molar-refractivity contribution in [1.82, 2.24) is 4.90 Å². The normalized spacial score (nSPS) is 14.6. The van der Waals surface area contributed by atoms with Gasteiger partial charge < -0.3 is 20.1 Å². The minimum absolute atomic E-state index is 0.137. The van der Waals surface area contributed by atoms with E-state index >= 15 is 0 Å². The van der Waals surface area contributed by atoms with Gasteiger partial charge in [0.15, 0.2) is 0 Å². The van der Waals surface area contributed by atoms with Crippen molar-refractivity contribution in [1.29, 1.82) is 0 Å². The van der Waals surface area contributed by atoms with E-state index in [0.717, 1.165) is 9.26 Å². The number of halogens is 1. The number of nitrogens with one attached hydrogen (secondary N) is 1. The molecule has 1 aliphatic rings. The summed E-state index contributed by atoms with van der Waals surface area (Å²) in [6, 6.07) is 7.46. The number of aliphatic hydroxyl groups is 1. The Bertz CT molecular complexity index is 600. The molecule has 0 saturated carbocycles. The highest BCUT2D eigenvalue weighted by Gasteiger charge is 2.34. The predicted molar refractivity (Wildman–Crippen MR) is 85.5 cm³/mol. The van der Waals surface area contributed by atoms with Gasteiger partial charge in [-0.2, -0.15) is 0 Å². The average Bonchev–Trinajstić information content (AvgIpc) is 2.76. The van der Waals surface area contributed by atoms with E-state index in [1.165, 1.54) is 12.0 Å². The minimum Gasteiger partial charge on any atom is -0.466 e. The van der Waals surface area contributed by atoms with Gasteiger partial charge in [0, 0.05) is 15.8 Å². The first-order valence-electron chi connectivity index (χ1n) is 6.31. The molecule has 2 rings (SSSR count). The molecule has 0 aliphatic carbocycles. The molecular formula is C14H15IN2O4. The molecule has 0 spiro atoms. The number of β-amino-alcohol motifs (C(OH)–C–C–N with tert-alkyl or cyclic N) is 1. The maximum Gasteiger partial charge on any atom is 0.337 e. The molecule has 0 fully saturated rings. The molecule has 112 valence electrons. The molecule has 0 aromatic heterocycles. The molecule has 0 unspecified atom stereocenters. The quantitative estimate of drug-likeness (QED) is 0.567. The molecule has 0 atom stereocenters. The van der Waals surface area contributed by atoms with Crippen LogP contribution >= 0.6 is 22.6 Å². The number of anilines is 1. The van der Waals surface area contributed by atoms with Crippen LogP contribution in [-0.4, -0.2) is 48.7 Å². The summed E-state index contributed by atoms with van der Waals surface area (Å²) in [7, 11) is 1.28. The van der Waals surface area contributed by atoms with Crippen LogP contribution in [0, 0.1) is 3.57 Å². The number of rotatable bonds is 5. The SMILES string of the molecule is COC(=O)C1=C(Nc2cccc(I)c2)C(=O)N(CCO)C1. The number of benzene rings is 1. The summed E-state index contributed by atoms with van der Waals surface area (Å²) < 4.78 is 5.73. The number of esters is 1. The van der Waals surface area contributed by atoms with Crippen molar-refractivity contribution >= 4 is 40.2 Å². The number of amides is 1. The van der Waals surface area contributed by atoms with E-state index in [9.17, 15) is 9.59 Å². The fourth-order valence-corrected chi connectivity index (χ4v) is 2.60. The zero-order chi connectivity index (χ0) is 15.4. The zero-order valence-electron chi connectivity index (χ0n) is 11.4. The van der Waals surface area contributed by atoms with Crippen molar-refractivity contribution in [3.8, 4) is 0 Å². The first kappa shape index (κ1) is 15.8. The third kappa shape index (κ3) is 3.53. The summed E-state index contributed by atoms with van der Waals surface area (Å²) in [5, 5.41) is 12.0. The van der Waals surface area contributed by atoms with Crippen molar-refractivity contribution in [2.45, 2.75) is 0 Å². The highest BCUT2D eigenvalue weighted by Crippen LogP contribution is 2.23. The molecule has 6 nitrogen and oxygen atoms in total. The molecule has 0 radical (unpaired) electrons. The van der Waals surface area contributed by atoms with Gasteiger partial charge in [-0.15, -0.1) is 0 Å². The third-order valence-electron chi connectivity index (χ3n) is 3.05. The predicted octanol–water partition coefficient (Wildman–Crippen LogP) is 0.965. The highest BCUT2D eigenvalue weighted by molar-refractivity contribution is 14.1. The van der Waals surface area contributed by atoms with Crippen LogP contribution < -0.4 is 5.32 Å². The molecule has 1 amide bonds. The van der Waals surface area contributed by atoms with Crippen LogP contribution in [0.4, 0.5) is 5.69 Å². The lowest BCUT2D eigenvalue weighted by molar-refractivity contribution is -0.136. The van der Waals surface area contributed by atoms with Gasteiger partial charge in [-0.3, -0.25) is 4.79 Å². The van der Waals surface area contributed by atoms with Crippen LogP contribution in [-0.2, 0) is 14.3 Å². The molecule has 0 saturated heterocycles. The van der Waals surface area contributed by atoms with Crippen molar-refractivity contribution < 1.29 is 19.4 Å². The summed E-state index contributed by atoms with van der Waals surface area (Å²) in [6.07, 6.45) is 0. The van der Waals surface area contributed by atoms with Gasteiger partial charge in [0.2, 0.25) is 0 Å². The van der Waals surface area contributed by atoms with E-state index in [0.29, 0.717) is 0 Å². The number of aliphatic hydroxyl groups excluding tert-OH is 1. The molecule has 1 aromatic rings. The van der Waals surface area contributed by atoms with Crippen molar-refractivity contribution in [3.63, 3.8) is 0 Å². The second-order valence-electron chi connectivity index (χ2n) is 4.43. The first-order chi connectivity index (χ1) is 10.1. The van der Waals surface area contributed by atoms with Crippen LogP contribution in [0.5, 0.6) is 0 Å². The van der Waals surface area contributed by atoms with Crippen LogP contribution in [0.15, 0.2) is 35.5 Å². The Hall–Kier alpha value is -1.61. The minimum atomic E-state index is -0.545. The number of carbonyl (C=O) groups excluding carboxylic acids is 2. The second kappa shape index (κ2) is 6.90. The van der Waals surface area contributed by atoms with E-state index < -0.39 is 5.97 Å². The Morgan fingerprint density at radius 1 is 1.52 bits per heavy atom. The van der Waals surface area contributed by atoms with Gasteiger partial charge >= 0.3 is 5.97 Å². The molecule has 1 aromatic carbocycles. The van der Waals surface area contributed by atoms with Gasteiger partial charge in [0.1, 0.15) is 5.70 Å². The van der Waals surface area contributed by atoms with E-state index in [-0.39, 0.29) is 36.9 Å². The third-order valence-corrected chi connectivity index (χ3v) is 3.72. The van der Waals surface area contributed by atoms with Gasteiger partial charge in [0.05, 0.1) is 25.8 Å². The van der Waals surface area contributed by atoms with Gasteiger partial charge in [-0.05, 0) is 40.8 Å². The number of carbonyl (C=O) groups is 2. The zero-order valence-corrected chi connectivity index (χ0v) is 13.6. The second-order valence-corrected chi connectivity index (χ2v) is 5.68. The van der Waals surface area contributed by atoms with Gasteiger partial charge in [0.25, 0.3) is 5.91 Å². The molecule has 2 N–H and O–H groups in total. The number of methoxy groups -OCH3 is 1. The number of nitrogens with zero attached hydrogens (tertiary/aromatic N) is 1. The summed E-state index contributed by atoms with van der Waals surface area (Å²) in [6.45, 7) is 0.159. The Kier molecular flexibility index (Phi) is 5.18. The Morgan fingerprint density at radius 2 is 2.29 bits per heavy atom. The van der Waals surface area contributed by atoms with E-state index in [1.54, 1.807) is 0 Å². The van der Waals surface area contributed by atoms with Gasteiger partial charge in [-0.1, -0.05) is 6.07 Å². The largest absolute Gasteiger partial charge is 0.466 e. The van der Waals surface area contributed by atoms with Crippen LogP contribution in [0.25, 0.3) is 0 Å². The maximum atomic E-state index is 12.3. The smallest absolute Gasteiger partial charge is 0.337 e. The molecule has 21 heavy (non-hydrogen) atoms. The van der Waals surface area contributed by atoms with Gasteiger partial charge in [-0.25, -0.2) is 4.79 Å². The lowest BCUT2D eigenvalue weighted by Crippen LogP contribution is -2.31. The first-order valence-corrected chi connectivity index (χ1v) is 7.39. The summed E-state index contributed by atoms with van der Waals surface area (Å²) >= 11 is 2.16. The van der Waals surface area contributed by atoms with E-state index in [2.05, 4.69) is 27.9 Å². The number of hydrogen-bond acceptors (Lipinski definition) is 5. The van der Waals surface area contributed by atoms with Crippen LogP contribution in [0.2, 0.25) is 0 Å². The molecule has 7 heteroatoms. The fraction of sp³-hybridized carbons (Fsp3) is 0.286. The number of hydrogen-bond donors (Lipinski definition) is 2. The Morgan fingerprint density at radius 3 is 2.90 bits per heavy atom. The van der Waals surface area contributed by atoms with Crippen LogP contribution in [0.3, 0.4) is 0 Å². The standard InChI is InChI=1S/C14H15IN2O4/c1-21-14(20)11-8-17(5-6-18)13(19)12(11)16-10-4-2-3-9(15)7-10/h2-4,7,16,18H,5-6,8H2,1H3. The summed E-state index contributed by atoms with van der Waals surface area (Å²) in [5.74, 6) is -0.861. The highest BCUT2D eigenvalue weighted by atomic mass is 127. The van der Waals surface area contributed by atoms with Crippen molar-refractivity contribution in [2.24, 2.45) is 0 Å². The van der Waals surface area contributed by atoms with E-state index in [4.69, 9.17) is 9.84 Å². The lowest BCUT2D eigenvalue weighted by Gasteiger charge is -2.15. The molecule has 1 aliphatic heterocycles. The fourth-order valence-electron chi connectivity index (χ4n) is 2.06. The Balaban J connectivity index is 2.30. The van der Waals surface area contributed by atoms with Crippen LogP contribution in [0.1, 0.15) is 0 Å². The molecule has 0 bridgehead atoms. The summed E-state index contributed by atoms with van der Waals surface area (Å²) in [5.41, 5.74) is 1.20. The van der Waals surface area contributed by atoms with E-state index in [1.807, 2.05) is 24.3 Å². The maximum absolute atomic E-state index is 12.3. The molecular weight excluding hydrogens is 387 g/mol. The topological polar surface area (TPSA) is 78.9 Å². The molecule has 1 heterocycles. The lowest BCUT2D eigenvalue weighted by atomic mass is 10.2. The van der Waals surface area contributed by atoms with Crippen molar-refractivity contribution in [3.05, 3.63) is 39.1 Å².